The van der Waals surface area contributed by atoms with Crippen molar-refractivity contribution >= 4 is 25.7 Å². The number of ether oxygens (including phenoxy) is 7. The fraction of sp³-hybridized carbons (Fsp3) is 0.928. The molecule has 3 fully saturated rings. The molecule has 0 bridgehead atoms. The molecule has 1 aliphatic carbocycles. The molecule has 0 spiro atoms. The summed E-state index contributed by atoms with van der Waals surface area (Å²) in [4.78, 5) is 50.9. The van der Waals surface area contributed by atoms with E-state index in [1.54, 1.807) is 0 Å². The van der Waals surface area contributed by atoms with E-state index in [1.165, 1.54) is 122 Å². The zero-order valence-electron chi connectivity index (χ0n) is 57.3. The fourth-order valence-electron chi connectivity index (χ4n) is 12.0. The third kappa shape index (κ3) is 35.1. The zero-order chi connectivity index (χ0) is 68.9. The highest BCUT2D eigenvalue weighted by molar-refractivity contribution is 7.47. The average molecular weight is 1370 g/mol. The quantitative estimate of drug-likeness (QED) is 0.00888. The van der Waals surface area contributed by atoms with Crippen LogP contribution in [0.1, 0.15) is 278 Å². The molecule has 25 heteroatoms. The lowest BCUT2D eigenvalue weighted by atomic mass is 9.84. The van der Waals surface area contributed by atoms with Crippen molar-refractivity contribution in [2.45, 2.75) is 382 Å². The number of phosphoric acid groups is 1. The Bertz CT molecular complexity index is 2010. The largest absolute Gasteiger partial charge is 0.472 e. The van der Waals surface area contributed by atoms with E-state index in [4.69, 9.17) is 42.2 Å². The van der Waals surface area contributed by atoms with Crippen LogP contribution in [0.5, 0.6) is 0 Å². The molecular formula is C69H127O24P. The van der Waals surface area contributed by atoms with Crippen molar-refractivity contribution in [3.05, 3.63) is 12.2 Å². The van der Waals surface area contributed by atoms with Crippen LogP contribution in [0.2, 0.25) is 0 Å². The Kier molecular flexibility index (Phi) is 47.3. The molecule has 0 aromatic rings. The highest BCUT2D eigenvalue weighted by Gasteiger charge is 2.58. The molecule has 11 N–H and O–H groups in total. The number of rotatable bonds is 56. The van der Waals surface area contributed by atoms with Crippen molar-refractivity contribution in [1.29, 1.82) is 0 Å². The van der Waals surface area contributed by atoms with Gasteiger partial charge in [-0.25, -0.2) is 4.57 Å². The Morgan fingerprint density at radius 1 is 0.404 bits per heavy atom. The van der Waals surface area contributed by atoms with Gasteiger partial charge in [0.1, 0.15) is 98.7 Å². The van der Waals surface area contributed by atoms with Gasteiger partial charge < -0.3 is 89.1 Å². The highest BCUT2D eigenvalue weighted by Crippen LogP contribution is 2.49. The minimum atomic E-state index is -5.69. The zero-order valence-corrected chi connectivity index (χ0v) is 58.2. The van der Waals surface area contributed by atoms with Crippen LogP contribution in [-0.4, -0.2) is 204 Å². The summed E-state index contributed by atoms with van der Waals surface area (Å²) in [5, 5.41) is 110. The van der Waals surface area contributed by atoms with Gasteiger partial charge in [0.15, 0.2) is 18.7 Å². The molecule has 3 aliphatic rings. The minimum absolute atomic E-state index is 0.0316. The third-order valence-corrected chi connectivity index (χ3v) is 19.0. The number of hydrogen-bond donors (Lipinski definition) is 11. The summed E-state index contributed by atoms with van der Waals surface area (Å²) in [7, 11) is -5.69. The summed E-state index contributed by atoms with van der Waals surface area (Å²) in [5.74, 6) is -2.00. The Hall–Kier alpha value is -2.30. The van der Waals surface area contributed by atoms with E-state index in [0.717, 1.165) is 89.9 Å². The number of carbonyl (C=O) groups is 3. The first-order valence-electron chi connectivity index (χ1n) is 36.5. The lowest BCUT2D eigenvalue weighted by Crippen LogP contribution is -2.69. The van der Waals surface area contributed by atoms with E-state index in [2.05, 4.69) is 32.9 Å². The molecule has 18 unspecified atom stereocenters. The minimum Gasteiger partial charge on any atom is -0.463 e. The van der Waals surface area contributed by atoms with Crippen molar-refractivity contribution in [3.63, 3.8) is 0 Å². The molecule has 0 amide bonds. The van der Waals surface area contributed by atoms with Crippen LogP contribution in [0.3, 0.4) is 0 Å². The molecule has 552 valence electrons. The van der Waals surface area contributed by atoms with Gasteiger partial charge in [0.05, 0.1) is 13.2 Å². The summed E-state index contributed by atoms with van der Waals surface area (Å²) in [6.07, 6.45) is 8.71. The molecule has 2 heterocycles. The summed E-state index contributed by atoms with van der Waals surface area (Å²) in [6, 6.07) is 0. The van der Waals surface area contributed by atoms with Crippen LogP contribution in [0.4, 0.5) is 0 Å². The van der Waals surface area contributed by atoms with Crippen LogP contribution in [0, 0.1) is 0 Å². The maximum Gasteiger partial charge on any atom is 0.472 e. The molecule has 0 aromatic carbocycles. The summed E-state index contributed by atoms with van der Waals surface area (Å²) in [6.45, 7) is 3.41. The summed E-state index contributed by atoms with van der Waals surface area (Å²) in [5.41, 5.74) is 0. The van der Waals surface area contributed by atoms with E-state index < -0.39 is 156 Å². The van der Waals surface area contributed by atoms with Crippen LogP contribution >= 0.6 is 7.82 Å². The van der Waals surface area contributed by atoms with Gasteiger partial charge in [-0.15, -0.1) is 0 Å². The Labute approximate surface area is 561 Å². The van der Waals surface area contributed by atoms with Gasteiger partial charge in [-0.2, -0.15) is 0 Å². The van der Waals surface area contributed by atoms with Gasteiger partial charge in [-0.05, 0) is 44.9 Å². The van der Waals surface area contributed by atoms with Crippen molar-refractivity contribution in [2.75, 3.05) is 26.4 Å². The monoisotopic (exact) mass is 1370 g/mol. The van der Waals surface area contributed by atoms with Gasteiger partial charge in [-0.3, -0.25) is 23.4 Å². The smallest absolute Gasteiger partial charge is 0.463 e. The molecule has 94 heavy (non-hydrogen) atoms. The second-order valence-corrected chi connectivity index (χ2v) is 27.7. The van der Waals surface area contributed by atoms with Gasteiger partial charge >= 0.3 is 25.7 Å². The Balaban J connectivity index is 1.75. The number of phosphoric ester groups is 1. The SMILES string of the molecule is CCCCCCCC/C=C\CCCCCC(=O)OC(COC(=O)CCCCCCCCCCCCCCC)COP(=O)(O)OC1C(OC2OC(CO)C(O)C(O)C2O)C(O)C(O)C(O)C1OC1OC(COC(=O)CCCCCCCCCCCCCCC)C(O)C(O)C1O. The molecular weight excluding hydrogens is 1240 g/mol. The standard InChI is InChI=1S/C69H127O24P/c1-4-7-10-13-16-19-22-25-28-31-34-37-40-43-53(71)85-47-50(88-55(73)45-42-39-36-33-30-27-24-21-18-15-12-9-6-3)48-87-94(83,84)93-67-65(91-68-63(81)58(76)56(74)51(46-70)89-68)61(79)60(78)62(80)66(67)92-69-64(82)59(77)57(75)52(90-69)49-86-54(72)44-41-38-35-32-29-26-23-20-17-14-11-8-5-2/h27,30,50-52,56-70,74-82H,4-26,28-29,31-49H2,1-3H3,(H,83,84)/b30-27-. The summed E-state index contributed by atoms with van der Waals surface area (Å²) >= 11 is 0. The van der Waals surface area contributed by atoms with E-state index >= 15 is 0 Å². The Morgan fingerprint density at radius 2 is 0.745 bits per heavy atom. The number of allylic oxidation sites excluding steroid dienone is 2. The van der Waals surface area contributed by atoms with Crippen molar-refractivity contribution in [3.8, 4) is 0 Å². The predicted octanol–water partition coefficient (Wildman–Crippen LogP) is 9.18. The molecule has 2 saturated heterocycles. The van der Waals surface area contributed by atoms with Gasteiger partial charge in [0.25, 0.3) is 0 Å². The second kappa shape index (κ2) is 51.8. The first kappa shape index (κ1) is 85.9. The number of esters is 3. The number of unbranched alkanes of at least 4 members (excludes halogenated alkanes) is 33. The van der Waals surface area contributed by atoms with E-state index in [1.807, 2.05) is 0 Å². The lowest BCUT2D eigenvalue weighted by Gasteiger charge is -2.49. The van der Waals surface area contributed by atoms with Crippen LogP contribution in [0.25, 0.3) is 0 Å². The maximum atomic E-state index is 14.3. The molecule has 24 nitrogen and oxygen atoms in total. The van der Waals surface area contributed by atoms with Crippen molar-refractivity contribution < 1.29 is 117 Å². The van der Waals surface area contributed by atoms with Crippen LogP contribution in [-0.2, 0) is 61.2 Å². The molecule has 2 aliphatic heterocycles. The van der Waals surface area contributed by atoms with Crippen LogP contribution in [0.15, 0.2) is 12.2 Å². The molecule has 0 aromatic heterocycles. The van der Waals surface area contributed by atoms with Crippen molar-refractivity contribution in [2.24, 2.45) is 0 Å². The van der Waals surface area contributed by atoms with Gasteiger partial charge in [-0.1, -0.05) is 226 Å². The average Bonchev–Trinajstić information content (AvgIpc) is 0.768. The second-order valence-electron chi connectivity index (χ2n) is 26.3. The first-order valence-corrected chi connectivity index (χ1v) is 38.0. The normalized spacial score (nSPS) is 28.3. The predicted molar refractivity (Wildman–Crippen MR) is 352 cm³/mol. The van der Waals surface area contributed by atoms with E-state index in [-0.39, 0.29) is 19.3 Å². The number of aliphatic hydroxyl groups is 10. The van der Waals surface area contributed by atoms with Crippen molar-refractivity contribution in [1.82, 2.24) is 0 Å². The lowest BCUT2D eigenvalue weighted by molar-refractivity contribution is -0.360. The third-order valence-electron chi connectivity index (χ3n) is 18.0. The number of hydrogen-bond acceptors (Lipinski definition) is 23. The Morgan fingerprint density at radius 3 is 1.16 bits per heavy atom. The topological polar surface area (TPSA) is 374 Å². The van der Waals surface area contributed by atoms with Crippen LogP contribution < -0.4 is 0 Å². The highest BCUT2D eigenvalue weighted by atomic mass is 31.2. The maximum absolute atomic E-state index is 14.3. The summed E-state index contributed by atoms with van der Waals surface area (Å²) < 4.78 is 64.9. The fourth-order valence-corrected chi connectivity index (χ4v) is 13.0. The first-order chi connectivity index (χ1) is 45.3. The number of carbonyl (C=O) groups excluding carboxylic acids is 3. The molecule has 18 atom stereocenters. The van der Waals surface area contributed by atoms with E-state index in [0.29, 0.717) is 25.7 Å². The molecule has 1 saturated carbocycles. The van der Waals surface area contributed by atoms with E-state index in [9.17, 15) is 74.9 Å². The molecule has 0 radical (unpaired) electrons. The molecule has 3 rings (SSSR count). The van der Waals surface area contributed by atoms with Gasteiger partial charge in [0, 0.05) is 19.3 Å². The number of aliphatic hydroxyl groups excluding tert-OH is 10. The van der Waals surface area contributed by atoms with Gasteiger partial charge in [0.2, 0.25) is 0 Å².